The van der Waals surface area contributed by atoms with Crippen molar-refractivity contribution < 1.29 is 32.2 Å². The highest BCUT2D eigenvalue weighted by Gasteiger charge is 2.20. The number of piperazine rings is 2. The number of hydrogen-bond acceptors (Lipinski definition) is 11. The number of anilines is 4. The van der Waals surface area contributed by atoms with E-state index in [9.17, 15) is 23.2 Å². The van der Waals surface area contributed by atoms with Crippen LogP contribution in [0.5, 0.6) is 0 Å². The minimum atomic E-state index is -0.602. The van der Waals surface area contributed by atoms with Crippen LogP contribution < -0.4 is 22.1 Å². The number of nitrogens with one attached hydrogen (secondary N) is 2. The summed E-state index contributed by atoms with van der Waals surface area (Å²) in [7, 11) is 0. The van der Waals surface area contributed by atoms with Crippen LogP contribution in [0.25, 0.3) is 0 Å². The quantitative estimate of drug-likeness (QED) is 0.210. The molecule has 52 heavy (non-hydrogen) atoms. The molecule has 6 rings (SSSR count). The highest BCUT2D eigenvalue weighted by Crippen LogP contribution is 2.19. The SMILES string of the molecule is CC(=O)N1CCN(Cc2ccc(F)c(N)c2)CC1.CC(=O)N1CCN(Cc2ccc(F)c(NC(=O)Nc3cc(C)on3)c2)CC1.Cc1cc(N)no1. The van der Waals surface area contributed by atoms with Crippen molar-refractivity contribution in [2.75, 3.05) is 74.5 Å². The molecule has 2 aliphatic heterocycles. The van der Waals surface area contributed by atoms with Crippen LogP contribution in [0.2, 0.25) is 0 Å². The number of carbonyl (C=O) groups is 3. The molecule has 2 fully saturated rings. The molecule has 4 heterocycles. The van der Waals surface area contributed by atoms with Crippen LogP contribution in [0.3, 0.4) is 0 Å². The van der Waals surface area contributed by atoms with Crippen molar-refractivity contribution in [3.05, 3.63) is 82.8 Å². The number of carbonyl (C=O) groups excluding carboxylic acids is 3. The molecule has 0 aliphatic carbocycles. The molecule has 17 heteroatoms. The van der Waals surface area contributed by atoms with Crippen LogP contribution in [0.4, 0.5) is 36.6 Å². The zero-order chi connectivity index (χ0) is 37.8. The van der Waals surface area contributed by atoms with Gasteiger partial charge >= 0.3 is 6.03 Å². The van der Waals surface area contributed by atoms with Gasteiger partial charge in [-0.25, -0.2) is 13.6 Å². The fourth-order valence-corrected chi connectivity index (χ4v) is 5.50. The molecule has 0 radical (unpaired) electrons. The van der Waals surface area contributed by atoms with Crippen molar-refractivity contribution in [1.82, 2.24) is 29.9 Å². The summed E-state index contributed by atoms with van der Waals surface area (Å²) < 4.78 is 36.5. The average molecular weight is 725 g/mol. The van der Waals surface area contributed by atoms with Gasteiger partial charge in [-0.3, -0.25) is 24.7 Å². The Morgan fingerprint density at radius 3 is 1.62 bits per heavy atom. The molecule has 6 N–H and O–H groups in total. The minimum absolute atomic E-state index is 0.0798. The first kappa shape index (κ1) is 39.2. The number of nitrogens with two attached hydrogens (primary N) is 2. The first-order chi connectivity index (χ1) is 24.7. The number of urea groups is 1. The van der Waals surface area contributed by atoms with Crippen LogP contribution in [0.15, 0.2) is 57.6 Å². The second kappa shape index (κ2) is 18.6. The maximum Gasteiger partial charge on any atom is 0.325 e. The summed E-state index contributed by atoms with van der Waals surface area (Å²) in [5.74, 6) is 1.31. The third-order valence-corrected chi connectivity index (χ3v) is 8.30. The molecular weight excluding hydrogens is 678 g/mol. The van der Waals surface area contributed by atoms with E-state index in [2.05, 4.69) is 35.3 Å². The number of rotatable bonds is 6. The van der Waals surface area contributed by atoms with Crippen molar-refractivity contribution in [2.24, 2.45) is 0 Å². The standard InChI is InChI=1S/C18H22FN5O3.C13H18FN3O.C4H6N2O/c1-12-9-17(22-27-12)21-18(26)20-16-10-14(3-4-15(16)19)11-23-5-7-24(8-6-23)13(2)25;1-10(18)17-6-4-16(5-7-17)9-11-2-3-12(14)13(15)8-11;1-3-2-4(5)6-7-3/h3-4,9-10H,5-8,11H2,1-2H3,(H2,20,21,22,26);2-3,8H,4-7,9,15H2,1H3;2H,1H3,(H2,5,6). The number of aryl methyl sites for hydroxylation is 2. The molecule has 0 atom stereocenters. The van der Waals surface area contributed by atoms with E-state index >= 15 is 0 Å². The molecular formula is C35H46F2N10O5. The highest BCUT2D eigenvalue weighted by molar-refractivity contribution is 5.99. The van der Waals surface area contributed by atoms with Gasteiger partial charge in [-0.05, 0) is 49.2 Å². The maximum atomic E-state index is 14.1. The Labute approximate surface area is 300 Å². The predicted molar refractivity (Wildman–Crippen MR) is 192 cm³/mol. The van der Waals surface area contributed by atoms with E-state index in [0.717, 1.165) is 62.7 Å². The molecule has 4 amide bonds. The lowest BCUT2D eigenvalue weighted by molar-refractivity contribution is -0.131. The maximum absolute atomic E-state index is 14.1. The van der Waals surface area contributed by atoms with Crippen molar-refractivity contribution in [2.45, 2.75) is 40.8 Å². The smallest absolute Gasteiger partial charge is 0.325 e. The summed E-state index contributed by atoms with van der Waals surface area (Å²) in [5, 5.41) is 12.1. The van der Waals surface area contributed by atoms with Crippen LogP contribution >= 0.6 is 0 Å². The lowest BCUT2D eigenvalue weighted by Crippen LogP contribution is -2.47. The molecule has 0 spiro atoms. The summed E-state index contributed by atoms with van der Waals surface area (Å²) in [5.41, 5.74) is 12.9. The molecule has 15 nitrogen and oxygen atoms in total. The van der Waals surface area contributed by atoms with E-state index in [4.69, 9.17) is 16.0 Å². The Balaban J connectivity index is 0.000000206. The molecule has 0 unspecified atom stereocenters. The van der Waals surface area contributed by atoms with E-state index in [1.54, 1.807) is 64.1 Å². The largest absolute Gasteiger partial charge is 0.396 e. The highest BCUT2D eigenvalue weighted by atomic mass is 19.1. The second-order valence-corrected chi connectivity index (χ2v) is 12.5. The molecule has 2 aromatic carbocycles. The van der Waals surface area contributed by atoms with Crippen molar-refractivity contribution in [1.29, 1.82) is 0 Å². The van der Waals surface area contributed by atoms with Gasteiger partial charge in [0, 0.05) is 91.4 Å². The fraction of sp³-hybridized carbons (Fsp3) is 0.400. The summed E-state index contributed by atoms with van der Waals surface area (Å²) in [6.07, 6.45) is 0. The molecule has 0 bridgehead atoms. The van der Waals surface area contributed by atoms with E-state index in [1.165, 1.54) is 12.1 Å². The lowest BCUT2D eigenvalue weighted by atomic mass is 10.1. The number of benzene rings is 2. The average Bonchev–Trinajstić information content (AvgIpc) is 3.70. The number of aromatic nitrogens is 2. The molecule has 2 saturated heterocycles. The van der Waals surface area contributed by atoms with Gasteiger partial charge in [0.2, 0.25) is 11.8 Å². The molecule has 2 aromatic heterocycles. The summed E-state index contributed by atoms with van der Waals surface area (Å²) in [4.78, 5) is 42.7. The number of halogens is 2. The van der Waals surface area contributed by atoms with E-state index in [1.807, 2.05) is 9.80 Å². The topological polar surface area (TPSA) is 192 Å². The lowest BCUT2D eigenvalue weighted by Gasteiger charge is -2.34. The van der Waals surface area contributed by atoms with Gasteiger partial charge < -0.3 is 35.6 Å². The number of nitrogen functional groups attached to an aromatic ring is 2. The predicted octanol–water partition coefficient (Wildman–Crippen LogP) is 4.07. The summed E-state index contributed by atoms with van der Waals surface area (Å²) in [6, 6.07) is 12.1. The van der Waals surface area contributed by atoms with Gasteiger partial charge in [0.15, 0.2) is 11.6 Å². The van der Waals surface area contributed by atoms with Crippen LogP contribution in [-0.2, 0) is 22.7 Å². The summed E-state index contributed by atoms with van der Waals surface area (Å²) in [6.45, 7) is 14.1. The first-order valence-corrected chi connectivity index (χ1v) is 16.7. The number of amides is 4. The van der Waals surface area contributed by atoms with Crippen molar-refractivity contribution in [3.8, 4) is 0 Å². The van der Waals surface area contributed by atoms with Crippen molar-refractivity contribution in [3.63, 3.8) is 0 Å². The number of nitrogens with zero attached hydrogens (tertiary/aromatic N) is 6. The Hall–Kier alpha value is -5.55. The van der Waals surface area contributed by atoms with Gasteiger partial charge in [0.25, 0.3) is 0 Å². The molecule has 4 aromatic rings. The normalized spacial score (nSPS) is 14.8. The van der Waals surface area contributed by atoms with Gasteiger partial charge in [-0.2, -0.15) is 0 Å². The third kappa shape index (κ3) is 12.3. The zero-order valence-corrected chi connectivity index (χ0v) is 29.8. The zero-order valence-electron chi connectivity index (χ0n) is 29.8. The van der Waals surface area contributed by atoms with Crippen LogP contribution in [0, 0.1) is 25.5 Å². The van der Waals surface area contributed by atoms with Gasteiger partial charge in [-0.1, -0.05) is 22.4 Å². The van der Waals surface area contributed by atoms with Gasteiger partial charge in [0.05, 0.1) is 11.4 Å². The first-order valence-electron chi connectivity index (χ1n) is 16.7. The Morgan fingerprint density at radius 2 is 1.19 bits per heavy atom. The number of hydrogen-bond donors (Lipinski definition) is 4. The van der Waals surface area contributed by atoms with Crippen LogP contribution in [-0.4, -0.2) is 100 Å². The van der Waals surface area contributed by atoms with Gasteiger partial charge in [0.1, 0.15) is 23.2 Å². The second-order valence-electron chi connectivity index (χ2n) is 12.5. The molecule has 0 saturated carbocycles. The minimum Gasteiger partial charge on any atom is -0.396 e. The van der Waals surface area contributed by atoms with Gasteiger partial charge in [-0.15, -0.1) is 0 Å². The molecule has 280 valence electrons. The Morgan fingerprint density at radius 1 is 0.692 bits per heavy atom. The fourth-order valence-electron chi connectivity index (χ4n) is 5.50. The Bertz CT molecular complexity index is 1780. The van der Waals surface area contributed by atoms with E-state index in [0.29, 0.717) is 31.2 Å². The van der Waals surface area contributed by atoms with E-state index in [-0.39, 0.29) is 34.8 Å². The monoisotopic (exact) mass is 724 g/mol. The third-order valence-electron chi connectivity index (χ3n) is 8.30. The Kier molecular flexibility index (Phi) is 14.0. The van der Waals surface area contributed by atoms with Crippen molar-refractivity contribution >= 4 is 40.9 Å². The van der Waals surface area contributed by atoms with E-state index < -0.39 is 11.8 Å². The molecule has 2 aliphatic rings. The summed E-state index contributed by atoms with van der Waals surface area (Å²) >= 11 is 0. The van der Waals surface area contributed by atoms with Crippen LogP contribution in [0.1, 0.15) is 36.5 Å².